The normalized spacial score (nSPS) is 10.1. The fourth-order valence-electron chi connectivity index (χ4n) is 1.49. The number of nitro benzene ring substituents is 1. The maximum absolute atomic E-state index is 11.5. The number of amides is 1. The summed E-state index contributed by atoms with van der Waals surface area (Å²) in [5, 5.41) is 16.3. The number of nitrogens with zero attached hydrogens (tertiary/aromatic N) is 1. The average Bonchev–Trinajstić information content (AvgIpc) is 2.34. The number of carbonyl (C=O) groups excluding carboxylic acids is 1. The van der Waals surface area contributed by atoms with Crippen LogP contribution in [0.5, 0.6) is 5.75 Å². The summed E-state index contributed by atoms with van der Waals surface area (Å²) >= 11 is 0. The minimum Gasteiger partial charge on any atom is -0.497 e. The molecule has 0 atom stereocenters. The van der Waals surface area contributed by atoms with Gasteiger partial charge in [-0.2, -0.15) is 0 Å². The quantitative estimate of drug-likeness (QED) is 0.602. The highest BCUT2D eigenvalue weighted by Crippen LogP contribution is 2.28. The molecule has 0 spiro atoms. The van der Waals surface area contributed by atoms with E-state index in [1.807, 2.05) is 13.8 Å². The molecule has 0 aliphatic carbocycles. The molecule has 0 aliphatic heterocycles. The first-order chi connectivity index (χ1) is 8.93. The molecular weight excluding hydrogens is 250 g/mol. The van der Waals surface area contributed by atoms with Gasteiger partial charge in [0.1, 0.15) is 11.4 Å². The molecule has 1 aromatic carbocycles. The van der Waals surface area contributed by atoms with Crippen molar-refractivity contribution in [1.29, 1.82) is 0 Å². The average molecular weight is 267 g/mol. The summed E-state index contributed by atoms with van der Waals surface area (Å²) in [7, 11) is 1.47. The van der Waals surface area contributed by atoms with E-state index in [-0.39, 0.29) is 29.9 Å². The Kier molecular flexibility index (Phi) is 5.11. The van der Waals surface area contributed by atoms with Gasteiger partial charge in [0.25, 0.3) is 5.69 Å². The number of carbonyl (C=O) groups is 1. The van der Waals surface area contributed by atoms with Crippen LogP contribution >= 0.6 is 0 Å². The number of benzene rings is 1. The Labute approximate surface area is 111 Å². The van der Waals surface area contributed by atoms with Crippen LogP contribution in [-0.2, 0) is 4.79 Å². The van der Waals surface area contributed by atoms with Gasteiger partial charge in [0.05, 0.1) is 18.6 Å². The van der Waals surface area contributed by atoms with Crippen molar-refractivity contribution in [3.05, 3.63) is 28.3 Å². The lowest BCUT2D eigenvalue weighted by atomic mass is 10.2. The zero-order valence-electron chi connectivity index (χ0n) is 11.1. The van der Waals surface area contributed by atoms with Crippen LogP contribution in [-0.4, -0.2) is 30.5 Å². The Bertz CT molecular complexity index is 474. The molecule has 0 bridgehead atoms. The van der Waals surface area contributed by atoms with E-state index in [9.17, 15) is 14.9 Å². The smallest absolute Gasteiger partial charge is 0.292 e. The van der Waals surface area contributed by atoms with E-state index in [0.29, 0.717) is 5.75 Å². The van der Waals surface area contributed by atoms with Crippen molar-refractivity contribution in [3.8, 4) is 5.75 Å². The Morgan fingerprint density at radius 1 is 1.47 bits per heavy atom. The number of rotatable bonds is 6. The van der Waals surface area contributed by atoms with Crippen LogP contribution in [0.3, 0.4) is 0 Å². The maximum Gasteiger partial charge on any atom is 0.292 e. The number of nitro groups is 1. The number of ether oxygens (including phenoxy) is 1. The summed E-state index contributed by atoms with van der Waals surface area (Å²) in [6.45, 7) is 3.64. The number of anilines is 1. The van der Waals surface area contributed by atoms with E-state index < -0.39 is 4.92 Å². The van der Waals surface area contributed by atoms with Crippen molar-refractivity contribution in [2.75, 3.05) is 19.0 Å². The predicted octanol–water partition coefficient (Wildman–Crippen LogP) is 1.54. The van der Waals surface area contributed by atoms with Crippen LogP contribution in [0.25, 0.3) is 0 Å². The zero-order chi connectivity index (χ0) is 14.4. The van der Waals surface area contributed by atoms with Crippen molar-refractivity contribution in [1.82, 2.24) is 5.32 Å². The number of nitrogens with one attached hydrogen (secondary N) is 2. The van der Waals surface area contributed by atoms with E-state index in [1.54, 1.807) is 0 Å². The molecular formula is C12H17N3O4. The summed E-state index contributed by atoms with van der Waals surface area (Å²) in [4.78, 5) is 21.8. The van der Waals surface area contributed by atoms with Crippen molar-refractivity contribution in [3.63, 3.8) is 0 Å². The van der Waals surface area contributed by atoms with Crippen molar-refractivity contribution in [2.45, 2.75) is 19.9 Å². The number of methoxy groups -OCH3 is 1. The van der Waals surface area contributed by atoms with Gasteiger partial charge in [-0.25, -0.2) is 0 Å². The monoisotopic (exact) mass is 267 g/mol. The molecule has 1 aromatic rings. The van der Waals surface area contributed by atoms with Gasteiger partial charge in [0, 0.05) is 18.2 Å². The molecule has 1 rings (SSSR count). The third-order valence-corrected chi connectivity index (χ3v) is 2.29. The van der Waals surface area contributed by atoms with Crippen LogP contribution < -0.4 is 15.4 Å². The molecule has 0 unspecified atom stereocenters. The molecule has 0 saturated heterocycles. The Balaban J connectivity index is 2.80. The first-order valence-corrected chi connectivity index (χ1v) is 5.79. The highest BCUT2D eigenvalue weighted by Gasteiger charge is 2.15. The summed E-state index contributed by atoms with van der Waals surface area (Å²) < 4.78 is 5.00. The Morgan fingerprint density at radius 3 is 2.68 bits per heavy atom. The van der Waals surface area contributed by atoms with Crippen LogP contribution in [0.4, 0.5) is 11.4 Å². The van der Waals surface area contributed by atoms with Gasteiger partial charge in [-0.1, -0.05) is 0 Å². The second-order valence-corrected chi connectivity index (χ2v) is 4.22. The van der Waals surface area contributed by atoms with E-state index >= 15 is 0 Å². The highest BCUT2D eigenvalue weighted by molar-refractivity contribution is 5.82. The fraction of sp³-hybridized carbons (Fsp3) is 0.417. The molecule has 0 aromatic heterocycles. The number of hydrogen-bond acceptors (Lipinski definition) is 5. The highest BCUT2D eigenvalue weighted by atomic mass is 16.6. The summed E-state index contributed by atoms with van der Waals surface area (Å²) in [5.41, 5.74) is 0.154. The molecule has 2 N–H and O–H groups in total. The first-order valence-electron chi connectivity index (χ1n) is 5.79. The lowest BCUT2D eigenvalue weighted by Crippen LogP contribution is -2.34. The maximum atomic E-state index is 11.5. The van der Waals surface area contributed by atoms with Gasteiger partial charge in [-0.3, -0.25) is 14.9 Å². The van der Waals surface area contributed by atoms with Crippen LogP contribution in [0.15, 0.2) is 18.2 Å². The lowest BCUT2D eigenvalue weighted by molar-refractivity contribution is -0.384. The van der Waals surface area contributed by atoms with E-state index in [0.717, 1.165) is 0 Å². The van der Waals surface area contributed by atoms with E-state index in [2.05, 4.69) is 10.6 Å². The largest absolute Gasteiger partial charge is 0.497 e. The minimum absolute atomic E-state index is 0.0228. The van der Waals surface area contributed by atoms with Crippen molar-refractivity contribution >= 4 is 17.3 Å². The van der Waals surface area contributed by atoms with Gasteiger partial charge < -0.3 is 15.4 Å². The lowest BCUT2D eigenvalue weighted by Gasteiger charge is -2.11. The Hall–Kier alpha value is -2.31. The van der Waals surface area contributed by atoms with Crippen LogP contribution in [0.1, 0.15) is 13.8 Å². The molecule has 104 valence electrons. The standard InChI is InChI=1S/C12H17N3O4/c1-8(2)14-12(16)7-13-10-6-9(19-3)4-5-11(10)15(17)18/h4-6,8,13H,7H2,1-3H3,(H,14,16). The minimum atomic E-state index is -0.512. The van der Waals surface area contributed by atoms with Crippen LogP contribution in [0.2, 0.25) is 0 Å². The van der Waals surface area contributed by atoms with Crippen molar-refractivity contribution < 1.29 is 14.5 Å². The third-order valence-electron chi connectivity index (χ3n) is 2.29. The van der Waals surface area contributed by atoms with Gasteiger partial charge in [-0.15, -0.1) is 0 Å². The second-order valence-electron chi connectivity index (χ2n) is 4.22. The molecule has 0 radical (unpaired) electrons. The SMILES string of the molecule is COc1ccc([N+](=O)[O-])c(NCC(=O)NC(C)C)c1. The van der Waals surface area contributed by atoms with Gasteiger partial charge in [0.15, 0.2) is 0 Å². The molecule has 0 saturated carbocycles. The first kappa shape index (κ1) is 14.7. The van der Waals surface area contributed by atoms with Crippen LogP contribution in [0, 0.1) is 10.1 Å². The van der Waals surface area contributed by atoms with Crippen molar-refractivity contribution in [2.24, 2.45) is 0 Å². The zero-order valence-corrected chi connectivity index (χ0v) is 11.1. The topological polar surface area (TPSA) is 93.5 Å². The second kappa shape index (κ2) is 6.58. The van der Waals surface area contributed by atoms with E-state index in [4.69, 9.17) is 4.74 Å². The molecule has 7 heteroatoms. The third kappa shape index (κ3) is 4.46. The summed E-state index contributed by atoms with van der Waals surface area (Å²) in [6.07, 6.45) is 0. The summed E-state index contributed by atoms with van der Waals surface area (Å²) in [5.74, 6) is 0.254. The predicted molar refractivity (Wildman–Crippen MR) is 71.4 cm³/mol. The van der Waals surface area contributed by atoms with Gasteiger partial charge in [0.2, 0.25) is 5.91 Å². The fourth-order valence-corrected chi connectivity index (χ4v) is 1.49. The molecule has 1 amide bonds. The molecule has 0 heterocycles. The molecule has 19 heavy (non-hydrogen) atoms. The number of hydrogen-bond donors (Lipinski definition) is 2. The summed E-state index contributed by atoms with van der Waals surface area (Å²) in [6, 6.07) is 4.34. The van der Waals surface area contributed by atoms with E-state index in [1.165, 1.54) is 25.3 Å². The van der Waals surface area contributed by atoms with Gasteiger partial charge in [-0.05, 0) is 19.9 Å². The Morgan fingerprint density at radius 2 is 2.16 bits per heavy atom. The molecule has 7 nitrogen and oxygen atoms in total. The molecule has 0 fully saturated rings. The molecule has 0 aliphatic rings. The van der Waals surface area contributed by atoms with Gasteiger partial charge >= 0.3 is 0 Å².